The quantitative estimate of drug-likeness (QED) is 0.661. The van der Waals surface area contributed by atoms with Crippen molar-refractivity contribution in [1.82, 2.24) is 4.98 Å². The van der Waals surface area contributed by atoms with Gasteiger partial charge in [0.15, 0.2) is 18.9 Å². The van der Waals surface area contributed by atoms with Crippen molar-refractivity contribution in [3.63, 3.8) is 0 Å². The van der Waals surface area contributed by atoms with E-state index in [4.69, 9.17) is 0 Å². The van der Waals surface area contributed by atoms with Gasteiger partial charge in [-0.05, 0) is 19.4 Å². The van der Waals surface area contributed by atoms with Gasteiger partial charge >= 0.3 is 0 Å². The van der Waals surface area contributed by atoms with E-state index in [2.05, 4.69) is 72.2 Å². The van der Waals surface area contributed by atoms with E-state index in [1.54, 1.807) is 0 Å². The second kappa shape index (κ2) is 4.30. The molecule has 0 aliphatic carbocycles. The van der Waals surface area contributed by atoms with E-state index in [0.29, 0.717) is 0 Å². The number of pyridine rings is 1. The summed E-state index contributed by atoms with van der Waals surface area (Å²) in [5.74, 6) is 0. The molecule has 0 fully saturated rings. The van der Waals surface area contributed by atoms with Crippen LogP contribution in [0.3, 0.4) is 0 Å². The third-order valence-electron chi connectivity index (χ3n) is 3.51. The predicted molar refractivity (Wildman–Crippen MR) is 73.5 cm³/mol. The predicted octanol–water partition coefficient (Wildman–Crippen LogP) is 3.12. The summed E-state index contributed by atoms with van der Waals surface area (Å²) in [6.45, 7) is 5.21. The molecule has 0 unspecified atom stereocenters. The molecule has 18 heavy (non-hydrogen) atoms. The Bertz CT molecular complexity index is 681. The van der Waals surface area contributed by atoms with Gasteiger partial charge in [-0.15, -0.1) is 0 Å². The van der Waals surface area contributed by atoms with Gasteiger partial charge in [-0.1, -0.05) is 30.3 Å². The molecule has 1 aromatic carbocycles. The van der Waals surface area contributed by atoms with Crippen LogP contribution in [0.15, 0.2) is 48.8 Å². The minimum absolute atomic E-state index is 0.917. The topological polar surface area (TPSA) is 19.7 Å². The van der Waals surface area contributed by atoms with E-state index in [0.717, 1.165) is 6.54 Å². The van der Waals surface area contributed by atoms with Gasteiger partial charge in [0.1, 0.15) is 0 Å². The third-order valence-corrected chi connectivity index (χ3v) is 3.51. The van der Waals surface area contributed by atoms with Gasteiger partial charge in [0.05, 0.1) is 10.9 Å². The van der Waals surface area contributed by atoms with Crippen LogP contribution in [-0.4, -0.2) is 4.98 Å². The lowest BCUT2D eigenvalue weighted by molar-refractivity contribution is -0.687. The van der Waals surface area contributed by atoms with Crippen LogP contribution in [0.5, 0.6) is 0 Å². The summed E-state index contributed by atoms with van der Waals surface area (Å²) >= 11 is 0. The summed E-state index contributed by atoms with van der Waals surface area (Å²) in [7, 11) is 0. The SMILES string of the molecule is Cc1[nH]c2cc[n+](Cc3ccccc3)cc2c1C. The van der Waals surface area contributed by atoms with Crippen molar-refractivity contribution >= 4 is 10.9 Å². The molecule has 2 aromatic heterocycles. The second-order valence-electron chi connectivity index (χ2n) is 4.81. The Kier molecular flexibility index (Phi) is 2.63. The van der Waals surface area contributed by atoms with Crippen LogP contribution in [0.2, 0.25) is 0 Å². The van der Waals surface area contributed by atoms with Crippen molar-refractivity contribution in [2.45, 2.75) is 20.4 Å². The average Bonchev–Trinajstić information content (AvgIpc) is 2.67. The number of rotatable bonds is 2. The normalized spacial score (nSPS) is 11.0. The monoisotopic (exact) mass is 237 g/mol. The lowest BCUT2D eigenvalue weighted by Gasteiger charge is -1.98. The summed E-state index contributed by atoms with van der Waals surface area (Å²) in [4.78, 5) is 3.40. The maximum atomic E-state index is 3.40. The number of aromatic amines is 1. The number of aromatic nitrogens is 2. The summed E-state index contributed by atoms with van der Waals surface area (Å²) < 4.78 is 2.23. The van der Waals surface area contributed by atoms with Crippen molar-refractivity contribution < 1.29 is 4.57 Å². The molecule has 0 saturated heterocycles. The lowest BCUT2D eigenvalue weighted by Crippen LogP contribution is -2.33. The average molecular weight is 237 g/mol. The number of nitrogens with one attached hydrogen (secondary N) is 1. The summed E-state index contributed by atoms with van der Waals surface area (Å²) in [5.41, 5.74) is 5.14. The third kappa shape index (κ3) is 1.90. The van der Waals surface area contributed by atoms with Crippen LogP contribution < -0.4 is 4.57 Å². The summed E-state index contributed by atoms with van der Waals surface area (Å²) in [6, 6.07) is 12.7. The lowest BCUT2D eigenvalue weighted by atomic mass is 10.2. The van der Waals surface area contributed by atoms with Crippen molar-refractivity contribution in [3.05, 3.63) is 65.6 Å². The molecular weight excluding hydrogens is 220 g/mol. The molecule has 0 aliphatic rings. The van der Waals surface area contributed by atoms with E-state index >= 15 is 0 Å². The number of hydrogen-bond donors (Lipinski definition) is 1. The number of nitrogens with zero attached hydrogens (tertiary/aromatic N) is 1. The smallest absolute Gasteiger partial charge is 0.178 e. The zero-order valence-corrected chi connectivity index (χ0v) is 10.8. The molecular formula is C16H17N2+. The van der Waals surface area contributed by atoms with Gasteiger partial charge in [-0.25, -0.2) is 4.57 Å². The highest BCUT2D eigenvalue weighted by Gasteiger charge is 2.09. The van der Waals surface area contributed by atoms with E-state index in [9.17, 15) is 0 Å². The Morgan fingerprint density at radius 2 is 1.83 bits per heavy atom. The van der Waals surface area contributed by atoms with E-state index in [1.165, 1.54) is 27.7 Å². The molecule has 0 saturated carbocycles. The van der Waals surface area contributed by atoms with Crippen molar-refractivity contribution in [2.75, 3.05) is 0 Å². The Labute approximate surface area is 107 Å². The van der Waals surface area contributed by atoms with E-state index in [1.807, 2.05) is 0 Å². The number of fused-ring (bicyclic) bond motifs is 1. The number of hydrogen-bond acceptors (Lipinski definition) is 0. The molecule has 0 amide bonds. The fourth-order valence-corrected chi connectivity index (χ4v) is 2.34. The highest BCUT2D eigenvalue weighted by atomic mass is 14.9. The van der Waals surface area contributed by atoms with Gasteiger partial charge in [0.25, 0.3) is 0 Å². The number of benzene rings is 1. The molecule has 0 bridgehead atoms. The van der Waals surface area contributed by atoms with Crippen LogP contribution >= 0.6 is 0 Å². The summed E-state index contributed by atoms with van der Waals surface area (Å²) in [6.07, 6.45) is 4.35. The number of H-pyrrole nitrogens is 1. The molecule has 2 heteroatoms. The zero-order chi connectivity index (χ0) is 12.5. The van der Waals surface area contributed by atoms with Gasteiger partial charge in [0.2, 0.25) is 0 Å². The maximum Gasteiger partial charge on any atom is 0.178 e. The summed E-state index contributed by atoms with van der Waals surface area (Å²) in [5, 5.41) is 1.31. The van der Waals surface area contributed by atoms with Crippen LogP contribution in [0.1, 0.15) is 16.8 Å². The first-order chi connectivity index (χ1) is 8.74. The van der Waals surface area contributed by atoms with E-state index < -0.39 is 0 Å². The molecule has 0 radical (unpaired) electrons. The van der Waals surface area contributed by atoms with Gasteiger partial charge in [-0.2, -0.15) is 0 Å². The minimum Gasteiger partial charge on any atom is -0.358 e. The fraction of sp³-hybridized carbons (Fsp3) is 0.188. The fourth-order valence-electron chi connectivity index (χ4n) is 2.34. The van der Waals surface area contributed by atoms with Crippen molar-refractivity contribution in [2.24, 2.45) is 0 Å². The zero-order valence-electron chi connectivity index (χ0n) is 10.8. The molecule has 1 N–H and O–H groups in total. The molecule has 3 aromatic rings. The van der Waals surface area contributed by atoms with Gasteiger partial charge in [0, 0.05) is 17.3 Å². The molecule has 90 valence electrons. The van der Waals surface area contributed by atoms with Crippen LogP contribution in [0, 0.1) is 13.8 Å². The molecule has 2 nitrogen and oxygen atoms in total. The second-order valence-corrected chi connectivity index (χ2v) is 4.81. The Morgan fingerprint density at radius 1 is 1.06 bits per heavy atom. The van der Waals surface area contributed by atoms with Crippen LogP contribution in [0.25, 0.3) is 10.9 Å². The standard InChI is InChI=1S/C16H16N2/c1-12-13(2)17-16-8-9-18(11-15(12)16)10-14-6-4-3-5-7-14/h3-9,11H,10H2,1-2H3/p+1. The van der Waals surface area contributed by atoms with Crippen LogP contribution in [0.4, 0.5) is 0 Å². The molecule has 0 aliphatic heterocycles. The molecule has 0 atom stereocenters. The molecule has 2 heterocycles. The van der Waals surface area contributed by atoms with E-state index in [-0.39, 0.29) is 0 Å². The molecule has 0 spiro atoms. The first-order valence-electron chi connectivity index (χ1n) is 6.26. The van der Waals surface area contributed by atoms with Gasteiger partial charge in [-0.3, -0.25) is 0 Å². The first-order valence-corrected chi connectivity index (χ1v) is 6.26. The Morgan fingerprint density at radius 3 is 2.61 bits per heavy atom. The van der Waals surface area contributed by atoms with Crippen molar-refractivity contribution in [3.8, 4) is 0 Å². The minimum atomic E-state index is 0.917. The highest BCUT2D eigenvalue weighted by Crippen LogP contribution is 2.18. The number of aryl methyl sites for hydroxylation is 2. The highest BCUT2D eigenvalue weighted by molar-refractivity contribution is 5.82. The first kappa shape index (κ1) is 11.0. The Balaban J connectivity index is 2.01. The van der Waals surface area contributed by atoms with Gasteiger partial charge < -0.3 is 4.98 Å². The van der Waals surface area contributed by atoms with Crippen LogP contribution in [-0.2, 0) is 6.54 Å². The van der Waals surface area contributed by atoms with Crippen molar-refractivity contribution in [1.29, 1.82) is 0 Å². The largest absolute Gasteiger partial charge is 0.358 e. The molecule has 3 rings (SSSR count). The maximum absolute atomic E-state index is 3.40. The Hall–Kier alpha value is -2.09.